The van der Waals surface area contributed by atoms with Gasteiger partial charge in [0.25, 0.3) is 0 Å². The minimum atomic E-state index is -1.09. The normalized spacial score (nSPS) is 25.8. The van der Waals surface area contributed by atoms with E-state index in [1.54, 1.807) is 12.1 Å². The third-order valence-corrected chi connectivity index (χ3v) is 9.41. The summed E-state index contributed by atoms with van der Waals surface area (Å²) >= 11 is 3.55. The zero-order valence-corrected chi connectivity index (χ0v) is 22.4. The van der Waals surface area contributed by atoms with Gasteiger partial charge in [0.15, 0.2) is 23.1 Å². The highest BCUT2D eigenvalue weighted by atomic mass is 79.9. The lowest BCUT2D eigenvalue weighted by Crippen LogP contribution is -2.51. The number of benzene rings is 4. The van der Waals surface area contributed by atoms with Gasteiger partial charge in [-0.2, -0.15) is 0 Å². The lowest BCUT2D eigenvalue weighted by atomic mass is 9.68. The Morgan fingerprint density at radius 1 is 1.05 bits per heavy atom. The van der Waals surface area contributed by atoms with Crippen molar-refractivity contribution in [2.45, 2.75) is 30.3 Å². The molecule has 0 amide bonds. The van der Waals surface area contributed by atoms with Crippen molar-refractivity contribution in [1.82, 2.24) is 4.90 Å². The fourth-order valence-electron chi connectivity index (χ4n) is 7.50. The molecule has 0 aromatic heterocycles. The van der Waals surface area contributed by atoms with Gasteiger partial charge in [0, 0.05) is 27.6 Å². The second kappa shape index (κ2) is 8.52. The van der Waals surface area contributed by atoms with Gasteiger partial charge in [0.05, 0.1) is 13.0 Å². The second-order valence-electron chi connectivity index (χ2n) is 10.5. The number of hydrogen-bond donors (Lipinski definition) is 1. The summed E-state index contributed by atoms with van der Waals surface area (Å²) in [5.41, 5.74) is 2.03. The van der Waals surface area contributed by atoms with Crippen LogP contribution in [0.15, 0.2) is 83.3 Å². The van der Waals surface area contributed by atoms with E-state index in [0.717, 1.165) is 45.8 Å². The molecule has 3 aliphatic rings. The van der Waals surface area contributed by atoms with E-state index in [4.69, 9.17) is 4.74 Å². The van der Waals surface area contributed by atoms with Crippen molar-refractivity contribution >= 4 is 38.3 Å². The fraction of sp³-hybridized carbons (Fsp3) is 0.250. The van der Waals surface area contributed by atoms with E-state index < -0.39 is 11.5 Å². The number of rotatable bonds is 4. The molecule has 0 saturated carbocycles. The summed E-state index contributed by atoms with van der Waals surface area (Å²) in [5.74, 6) is -0.695. The first kappa shape index (κ1) is 23.6. The van der Waals surface area contributed by atoms with Crippen molar-refractivity contribution in [2.75, 3.05) is 13.7 Å². The SMILES string of the molecule is COc1cc(C(=O)C2C(c3ccc(Br)cc3)[C@H]3CCCN3[C@@]23C(=O)c2cccc4cccc3c24)ccc1O. The van der Waals surface area contributed by atoms with Crippen LogP contribution in [0.3, 0.4) is 0 Å². The monoisotopic (exact) mass is 567 g/mol. The number of fused-ring (bicyclic) bond motifs is 3. The Hall–Kier alpha value is -3.48. The number of ketones is 2. The summed E-state index contributed by atoms with van der Waals surface area (Å²) in [6, 6.07) is 24.9. The fourth-order valence-corrected chi connectivity index (χ4v) is 7.76. The molecule has 5 nitrogen and oxygen atoms in total. The molecule has 2 saturated heterocycles. The van der Waals surface area contributed by atoms with Gasteiger partial charge in [-0.05, 0) is 71.6 Å². The van der Waals surface area contributed by atoms with Crippen LogP contribution in [0, 0.1) is 5.92 Å². The molecule has 2 unspecified atom stereocenters. The van der Waals surface area contributed by atoms with Crippen LogP contribution in [0.5, 0.6) is 11.5 Å². The predicted octanol–water partition coefficient (Wildman–Crippen LogP) is 6.47. The van der Waals surface area contributed by atoms with Gasteiger partial charge >= 0.3 is 0 Å². The summed E-state index contributed by atoms with van der Waals surface area (Å²) in [6.45, 7) is 0.760. The molecular formula is C32H26BrNO4. The zero-order valence-electron chi connectivity index (χ0n) is 20.9. The summed E-state index contributed by atoms with van der Waals surface area (Å²) < 4.78 is 6.32. The van der Waals surface area contributed by atoms with Crippen molar-refractivity contribution in [3.05, 3.63) is 106 Å². The summed E-state index contributed by atoms with van der Waals surface area (Å²) in [4.78, 5) is 31.8. The van der Waals surface area contributed by atoms with E-state index in [9.17, 15) is 14.7 Å². The van der Waals surface area contributed by atoms with Crippen LogP contribution in [0.25, 0.3) is 10.8 Å². The Labute approximate surface area is 229 Å². The Bertz CT molecular complexity index is 1630. The maximum Gasteiger partial charge on any atom is 0.189 e. The minimum Gasteiger partial charge on any atom is -0.504 e. The van der Waals surface area contributed by atoms with E-state index in [0.29, 0.717) is 11.1 Å². The number of carbonyl (C=O) groups is 2. The number of carbonyl (C=O) groups excluding carboxylic acids is 2. The molecule has 4 aromatic carbocycles. The van der Waals surface area contributed by atoms with Crippen molar-refractivity contribution in [2.24, 2.45) is 5.92 Å². The second-order valence-corrected chi connectivity index (χ2v) is 11.4. The molecule has 2 fully saturated rings. The molecule has 1 N–H and O–H groups in total. The molecule has 1 aliphatic carbocycles. The molecule has 4 aromatic rings. The molecule has 0 bridgehead atoms. The molecule has 1 spiro atoms. The van der Waals surface area contributed by atoms with Crippen molar-refractivity contribution in [3.8, 4) is 11.5 Å². The molecule has 190 valence electrons. The van der Waals surface area contributed by atoms with E-state index in [2.05, 4.69) is 33.0 Å². The van der Waals surface area contributed by atoms with E-state index >= 15 is 0 Å². The lowest BCUT2D eigenvalue weighted by molar-refractivity contribution is 0.0519. The quantitative estimate of drug-likeness (QED) is 0.286. The smallest absolute Gasteiger partial charge is 0.189 e. The van der Waals surface area contributed by atoms with Crippen molar-refractivity contribution in [3.63, 3.8) is 0 Å². The average Bonchev–Trinajstić information content (AvgIpc) is 3.59. The van der Waals surface area contributed by atoms with Crippen LogP contribution in [0.2, 0.25) is 0 Å². The first-order chi connectivity index (χ1) is 18.5. The van der Waals surface area contributed by atoms with Gasteiger partial charge in [0.1, 0.15) is 5.54 Å². The molecule has 2 aliphatic heterocycles. The van der Waals surface area contributed by atoms with Crippen LogP contribution < -0.4 is 4.74 Å². The van der Waals surface area contributed by atoms with Gasteiger partial charge < -0.3 is 9.84 Å². The van der Waals surface area contributed by atoms with Gasteiger partial charge in [-0.15, -0.1) is 0 Å². The summed E-state index contributed by atoms with van der Waals surface area (Å²) in [5, 5.41) is 12.2. The maximum absolute atomic E-state index is 14.8. The number of phenolic OH excluding ortho intramolecular Hbond substituents is 1. The minimum absolute atomic E-state index is 0.0138. The van der Waals surface area contributed by atoms with Crippen LogP contribution in [-0.4, -0.2) is 41.3 Å². The number of methoxy groups -OCH3 is 1. The molecule has 0 radical (unpaired) electrons. The van der Waals surface area contributed by atoms with Gasteiger partial charge in [-0.1, -0.05) is 64.5 Å². The predicted molar refractivity (Wildman–Crippen MR) is 149 cm³/mol. The number of nitrogens with zero attached hydrogens (tertiary/aromatic N) is 1. The highest BCUT2D eigenvalue weighted by molar-refractivity contribution is 9.10. The van der Waals surface area contributed by atoms with Crippen LogP contribution in [0.1, 0.15) is 50.6 Å². The van der Waals surface area contributed by atoms with Crippen molar-refractivity contribution in [1.29, 1.82) is 0 Å². The number of phenols is 1. The largest absolute Gasteiger partial charge is 0.504 e. The van der Waals surface area contributed by atoms with E-state index in [1.165, 1.54) is 13.2 Å². The highest BCUT2D eigenvalue weighted by Gasteiger charge is 2.69. The van der Waals surface area contributed by atoms with E-state index in [-0.39, 0.29) is 35.0 Å². The third kappa shape index (κ3) is 3.01. The number of halogens is 1. The molecule has 6 heteroatoms. The lowest BCUT2D eigenvalue weighted by Gasteiger charge is -2.38. The number of Topliss-reactive ketones (excluding diaryl/α,β-unsaturated/α-hetero) is 2. The first-order valence-corrected chi connectivity index (χ1v) is 13.8. The number of aromatic hydroxyl groups is 1. The molecule has 38 heavy (non-hydrogen) atoms. The average molecular weight is 568 g/mol. The molecule has 2 heterocycles. The number of hydrogen-bond acceptors (Lipinski definition) is 5. The molecule has 4 atom stereocenters. The van der Waals surface area contributed by atoms with Gasteiger partial charge in [0.2, 0.25) is 0 Å². The molecule has 7 rings (SSSR count). The van der Waals surface area contributed by atoms with Gasteiger partial charge in [-0.3, -0.25) is 14.5 Å². The summed E-state index contributed by atoms with van der Waals surface area (Å²) in [7, 11) is 1.47. The Morgan fingerprint density at radius 3 is 2.58 bits per heavy atom. The van der Waals surface area contributed by atoms with Crippen LogP contribution >= 0.6 is 15.9 Å². The topological polar surface area (TPSA) is 66.8 Å². The third-order valence-electron chi connectivity index (χ3n) is 8.88. The van der Waals surface area contributed by atoms with Crippen LogP contribution in [0.4, 0.5) is 0 Å². The van der Waals surface area contributed by atoms with Crippen molar-refractivity contribution < 1.29 is 19.4 Å². The first-order valence-electron chi connectivity index (χ1n) is 13.0. The highest BCUT2D eigenvalue weighted by Crippen LogP contribution is 2.62. The van der Waals surface area contributed by atoms with Crippen LogP contribution in [-0.2, 0) is 5.54 Å². The Balaban J connectivity index is 1.52. The van der Waals surface area contributed by atoms with E-state index in [1.807, 2.05) is 48.5 Å². The Morgan fingerprint density at radius 2 is 1.82 bits per heavy atom. The molecular weight excluding hydrogens is 542 g/mol. The maximum atomic E-state index is 14.8. The standard InChI is InChI=1S/C32H26BrNO4/c1-38-26-17-20(12-15-25(26)35)30(36)29-28(19-10-13-21(33)14-11-19)24-9-4-16-34(24)32(29)23-8-3-6-18-5-2-7-22(27(18)23)31(32)37/h2-3,5-8,10-15,17,24,28-29,35H,4,9,16H2,1H3/t24-,28?,29?,32-/m1/s1. The van der Waals surface area contributed by atoms with Gasteiger partial charge in [-0.25, -0.2) is 0 Å². The zero-order chi connectivity index (χ0) is 26.2. The summed E-state index contributed by atoms with van der Waals surface area (Å²) in [6.07, 6.45) is 1.90. The Kier molecular flexibility index (Phi) is 5.29. The number of ether oxygens (including phenoxy) is 1.